The first-order valence-corrected chi connectivity index (χ1v) is 12.5. The number of ether oxygens (including phenoxy) is 1. The van der Waals surface area contributed by atoms with Crippen molar-refractivity contribution in [3.8, 4) is 5.75 Å². The summed E-state index contributed by atoms with van der Waals surface area (Å²) >= 11 is 15.9. The van der Waals surface area contributed by atoms with Gasteiger partial charge in [0.25, 0.3) is 5.91 Å². The molecule has 5 nitrogen and oxygen atoms in total. The lowest BCUT2D eigenvalue weighted by Gasteiger charge is -2.29. The molecular formula is C25H31BrCl2N2O3. The van der Waals surface area contributed by atoms with Gasteiger partial charge >= 0.3 is 0 Å². The number of nitrogens with zero attached hydrogens (tertiary/aromatic N) is 1. The van der Waals surface area contributed by atoms with Gasteiger partial charge in [-0.3, -0.25) is 9.59 Å². The van der Waals surface area contributed by atoms with Crippen molar-refractivity contribution in [3.63, 3.8) is 0 Å². The van der Waals surface area contributed by atoms with E-state index in [1.54, 1.807) is 25.1 Å². The van der Waals surface area contributed by atoms with Crippen molar-refractivity contribution in [3.05, 3.63) is 62.0 Å². The van der Waals surface area contributed by atoms with Crippen LogP contribution in [0.1, 0.15) is 51.7 Å². The molecule has 2 aromatic carbocycles. The van der Waals surface area contributed by atoms with Gasteiger partial charge in [-0.1, -0.05) is 63.0 Å². The molecule has 0 radical (unpaired) electrons. The maximum atomic E-state index is 13.2. The number of carbonyl (C=O) groups is 2. The number of benzene rings is 2. The highest BCUT2D eigenvalue weighted by molar-refractivity contribution is 9.10. The Morgan fingerprint density at radius 3 is 2.33 bits per heavy atom. The number of hydrogen-bond donors (Lipinski definition) is 1. The largest absolute Gasteiger partial charge is 0.483 e. The van der Waals surface area contributed by atoms with E-state index in [0.29, 0.717) is 39.7 Å². The quantitative estimate of drug-likeness (QED) is 0.365. The summed E-state index contributed by atoms with van der Waals surface area (Å²) in [5.74, 6) is 0.680. The van der Waals surface area contributed by atoms with Gasteiger partial charge < -0.3 is 15.0 Å². The molecule has 2 aromatic rings. The summed E-state index contributed by atoms with van der Waals surface area (Å²) < 4.78 is 6.58. The van der Waals surface area contributed by atoms with Crippen LogP contribution in [0.15, 0.2) is 40.9 Å². The minimum absolute atomic E-state index is 0.155. The number of nitrogens with one attached hydrogen (secondary N) is 1. The van der Waals surface area contributed by atoms with Crippen LogP contribution < -0.4 is 10.1 Å². The predicted molar refractivity (Wildman–Crippen MR) is 138 cm³/mol. The Morgan fingerprint density at radius 2 is 1.76 bits per heavy atom. The second kappa shape index (κ2) is 12.6. The standard InChI is InChI=1S/C25H31BrCl2N2O3/c1-15(2)12-29-25(32)17(5)30(13-19-6-8-20(27)11-22(19)28)24(31)14-33-23-9-7-18(16(3)4)10-21(23)26/h6-11,15-17H,12-14H2,1-5H3,(H,29,32). The average Bonchev–Trinajstić information content (AvgIpc) is 2.75. The molecule has 33 heavy (non-hydrogen) atoms. The zero-order valence-corrected chi connectivity index (χ0v) is 22.7. The van der Waals surface area contributed by atoms with E-state index in [0.717, 1.165) is 10.0 Å². The first-order chi connectivity index (χ1) is 15.5. The van der Waals surface area contributed by atoms with Crippen LogP contribution >= 0.6 is 39.1 Å². The smallest absolute Gasteiger partial charge is 0.261 e. The van der Waals surface area contributed by atoms with Gasteiger partial charge in [-0.25, -0.2) is 0 Å². The van der Waals surface area contributed by atoms with Crippen LogP contribution in [0.3, 0.4) is 0 Å². The summed E-state index contributed by atoms with van der Waals surface area (Å²) in [6, 6.07) is 10.2. The van der Waals surface area contributed by atoms with Crippen molar-refractivity contribution < 1.29 is 14.3 Å². The zero-order valence-electron chi connectivity index (χ0n) is 19.6. The fourth-order valence-electron chi connectivity index (χ4n) is 3.08. The summed E-state index contributed by atoms with van der Waals surface area (Å²) in [7, 11) is 0. The van der Waals surface area contributed by atoms with E-state index in [1.165, 1.54) is 4.90 Å². The van der Waals surface area contributed by atoms with Gasteiger partial charge in [0.05, 0.1) is 4.47 Å². The first kappa shape index (κ1) is 27.5. The van der Waals surface area contributed by atoms with Crippen molar-refractivity contribution >= 4 is 50.9 Å². The summed E-state index contributed by atoms with van der Waals surface area (Å²) in [5, 5.41) is 3.83. The summed E-state index contributed by atoms with van der Waals surface area (Å²) in [6.07, 6.45) is 0. The van der Waals surface area contributed by atoms with Gasteiger partial charge in [-0.2, -0.15) is 0 Å². The summed E-state index contributed by atoms with van der Waals surface area (Å²) in [5.41, 5.74) is 1.86. The topological polar surface area (TPSA) is 58.6 Å². The highest BCUT2D eigenvalue weighted by atomic mass is 79.9. The Kier molecular flexibility index (Phi) is 10.5. The van der Waals surface area contributed by atoms with Crippen molar-refractivity contribution in [1.82, 2.24) is 10.2 Å². The number of hydrogen-bond acceptors (Lipinski definition) is 3. The van der Waals surface area contributed by atoms with Crippen molar-refractivity contribution in [1.29, 1.82) is 0 Å². The van der Waals surface area contributed by atoms with E-state index < -0.39 is 6.04 Å². The highest BCUT2D eigenvalue weighted by Gasteiger charge is 2.27. The van der Waals surface area contributed by atoms with Crippen LogP contribution in [0.4, 0.5) is 0 Å². The van der Waals surface area contributed by atoms with E-state index in [4.69, 9.17) is 27.9 Å². The molecule has 0 fully saturated rings. The van der Waals surface area contributed by atoms with Crippen LogP contribution in [0.2, 0.25) is 10.0 Å². The van der Waals surface area contributed by atoms with Crippen LogP contribution in [0, 0.1) is 5.92 Å². The van der Waals surface area contributed by atoms with Crippen molar-refractivity contribution in [2.45, 2.75) is 53.1 Å². The third-order valence-electron chi connectivity index (χ3n) is 5.18. The number of halogens is 3. The molecule has 1 atom stereocenters. The van der Waals surface area contributed by atoms with Crippen LogP contribution in [0.25, 0.3) is 0 Å². The third kappa shape index (κ3) is 8.20. The SMILES string of the molecule is CC(C)CNC(=O)C(C)N(Cc1ccc(Cl)cc1Cl)C(=O)COc1ccc(C(C)C)cc1Br. The third-order valence-corrected chi connectivity index (χ3v) is 6.39. The maximum absolute atomic E-state index is 13.2. The van der Waals surface area contributed by atoms with Crippen molar-refractivity contribution in [2.75, 3.05) is 13.2 Å². The Hall–Kier alpha value is -1.76. The van der Waals surface area contributed by atoms with Crippen LogP contribution in [-0.4, -0.2) is 35.9 Å². The van der Waals surface area contributed by atoms with E-state index in [2.05, 4.69) is 35.1 Å². The second-order valence-electron chi connectivity index (χ2n) is 8.71. The van der Waals surface area contributed by atoms with Gasteiger partial charge in [0.2, 0.25) is 5.91 Å². The molecule has 2 amide bonds. The Bertz CT molecular complexity index is 982. The first-order valence-electron chi connectivity index (χ1n) is 10.9. The molecular weight excluding hydrogens is 527 g/mol. The minimum Gasteiger partial charge on any atom is -0.483 e. The molecule has 0 saturated heterocycles. The molecule has 0 aliphatic carbocycles. The number of amides is 2. The molecule has 1 unspecified atom stereocenters. The van der Waals surface area contributed by atoms with E-state index in [-0.39, 0.29) is 25.0 Å². The fraction of sp³-hybridized carbons (Fsp3) is 0.440. The molecule has 0 aliphatic heterocycles. The predicted octanol–water partition coefficient (Wildman–Crippen LogP) is 6.45. The van der Waals surface area contributed by atoms with Gasteiger partial charge in [0.15, 0.2) is 6.61 Å². The lowest BCUT2D eigenvalue weighted by molar-refractivity contribution is -0.142. The normalized spacial score (nSPS) is 12.1. The minimum atomic E-state index is -0.710. The lowest BCUT2D eigenvalue weighted by atomic mass is 10.0. The van der Waals surface area contributed by atoms with Crippen LogP contribution in [-0.2, 0) is 16.1 Å². The highest BCUT2D eigenvalue weighted by Crippen LogP contribution is 2.29. The molecule has 1 N–H and O–H groups in total. The van der Waals surface area contributed by atoms with E-state index in [9.17, 15) is 9.59 Å². The molecule has 0 saturated carbocycles. The Balaban J connectivity index is 2.20. The van der Waals surface area contributed by atoms with Gasteiger partial charge in [-0.05, 0) is 70.1 Å². The average molecular weight is 558 g/mol. The van der Waals surface area contributed by atoms with E-state index in [1.807, 2.05) is 32.0 Å². The Labute approximate surface area is 214 Å². The fourth-order valence-corrected chi connectivity index (χ4v) is 4.06. The number of carbonyl (C=O) groups excluding carboxylic acids is 2. The van der Waals surface area contributed by atoms with Gasteiger partial charge in [-0.15, -0.1) is 0 Å². The van der Waals surface area contributed by atoms with Crippen molar-refractivity contribution in [2.24, 2.45) is 5.92 Å². The molecule has 0 heterocycles. The molecule has 2 rings (SSSR count). The molecule has 0 aliphatic rings. The molecule has 0 spiro atoms. The van der Waals surface area contributed by atoms with Crippen LogP contribution in [0.5, 0.6) is 5.75 Å². The molecule has 0 aromatic heterocycles. The summed E-state index contributed by atoms with van der Waals surface area (Å²) in [6.45, 7) is 10.4. The van der Waals surface area contributed by atoms with Gasteiger partial charge in [0, 0.05) is 23.1 Å². The Morgan fingerprint density at radius 1 is 1.06 bits per heavy atom. The zero-order chi connectivity index (χ0) is 24.7. The summed E-state index contributed by atoms with van der Waals surface area (Å²) in [4.78, 5) is 27.4. The van der Waals surface area contributed by atoms with E-state index >= 15 is 0 Å². The monoisotopic (exact) mass is 556 g/mol. The maximum Gasteiger partial charge on any atom is 0.261 e. The molecule has 180 valence electrons. The molecule has 0 bridgehead atoms. The molecule has 8 heteroatoms. The van der Waals surface area contributed by atoms with Gasteiger partial charge in [0.1, 0.15) is 11.8 Å². The lowest BCUT2D eigenvalue weighted by Crippen LogP contribution is -2.49. The number of rotatable bonds is 10. The second-order valence-corrected chi connectivity index (χ2v) is 10.4.